The molecule has 0 saturated carbocycles. The van der Waals surface area contributed by atoms with E-state index in [2.05, 4.69) is 0 Å². The first-order valence-electron chi connectivity index (χ1n) is 4.03. The Balaban J connectivity index is 4.81. The zero-order valence-electron chi connectivity index (χ0n) is 8.07. The van der Waals surface area contributed by atoms with Gasteiger partial charge < -0.3 is 9.04 Å². The molecule has 0 radical (unpaired) electrons. The molecule has 0 saturated heterocycles. The molecule has 0 aliphatic rings. The third-order valence-corrected chi connectivity index (χ3v) is 3.85. The lowest BCUT2D eigenvalue weighted by Crippen LogP contribution is -2.52. The van der Waals surface area contributed by atoms with Crippen LogP contribution in [-0.4, -0.2) is 43.5 Å². The summed E-state index contributed by atoms with van der Waals surface area (Å²) in [5.41, 5.74) is 0. The van der Waals surface area contributed by atoms with Crippen molar-refractivity contribution in [3.05, 3.63) is 0 Å². The summed E-state index contributed by atoms with van der Waals surface area (Å²) in [6.45, 7) is 4.23. The van der Waals surface area contributed by atoms with E-state index in [1.165, 1.54) is 0 Å². The van der Waals surface area contributed by atoms with Crippen molar-refractivity contribution < 1.29 is 17.5 Å². The average Bonchev–Trinajstić information content (AvgIpc) is 1.85. The number of hydrogen-bond donors (Lipinski definition) is 0. The van der Waals surface area contributed by atoms with E-state index in [-0.39, 0.29) is 4.48 Å². The van der Waals surface area contributed by atoms with Crippen LogP contribution in [-0.2, 0) is 10.1 Å². The molecule has 0 N–H and O–H groups in total. The maximum absolute atomic E-state index is 10.8. The molecular formula is C7H17NO3S. The Morgan fingerprint density at radius 2 is 1.75 bits per heavy atom. The standard InChI is InChI=1S/C7H17NO3S/c1-5-7(12(9,10)11)8(3,4)6-2/h7H,5-6H2,1-4H3. The maximum Gasteiger partial charge on any atom is 0.178 e. The van der Waals surface area contributed by atoms with Crippen molar-refractivity contribution in [2.45, 2.75) is 25.6 Å². The highest BCUT2D eigenvalue weighted by Crippen LogP contribution is 2.15. The van der Waals surface area contributed by atoms with E-state index < -0.39 is 15.5 Å². The first-order chi connectivity index (χ1) is 5.25. The van der Waals surface area contributed by atoms with Crippen molar-refractivity contribution in [2.75, 3.05) is 20.6 Å². The minimum absolute atomic E-state index is 0.238. The minimum atomic E-state index is -4.16. The molecule has 5 heteroatoms. The summed E-state index contributed by atoms with van der Waals surface area (Å²) in [6.07, 6.45) is 0.368. The van der Waals surface area contributed by atoms with Gasteiger partial charge in [0.1, 0.15) is 10.1 Å². The predicted molar refractivity (Wildman–Crippen MR) is 46.4 cm³/mol. The van der Waals surface area contributed by atoms with Gasteiger partial charge in [0, 0.05) is 6.42 Å². The summed E-state index contributed by atoms with van der Waals surface area (Å²) in [5, 5.41) is -0.817. The van der Waals surface area contributed by atoms with Crippen molar-refractivity contribution in [3.63, 3.8) is 0 Å². The van der Waals surface area contributed by atoms with Gasteiger partial charge in [-0.3, -0.25) is 0 Å². The third-order valence-electron chi connectivity index (χ3n) is 2.28. The molecule has 12 heavy (non-hydrogen) atoms. The Hall–Kier alpha value is -0.130. The van der Waals surface area contributed by atoms with Gasteiger partial charge in [-0.15, -0.1) is 0 Å². The number of hydrogen-bond acceptors (Lipinski definition) is 3. The van der Waals surface area contributed by atoms with Crippen molar-refractivity contribution in [1.29, 1.82) is 0 Å². The first kappa shape index (κ1) is 11.9. The first-order valence-corrected chi connectivity index (χ1v) is 5.50. The van der Waals surface area contributed by atoms with Crippen LogP contribution in [0.1, 0.15) is 20.3 Å². The Bertz CT molecular complexity index is 233. The van der Waals surface area contributed by atoms with Crippen molar-refractivity contribution in [1.82, 2.24) is 0 Å². The van der Waals surface area contributed by atoms with Gasteiger partial charge in [0.05, 0.1) is 20.6 Å². The highest BCUT2D eigenvalue weighted by atomic mass is 32.2. The summed E-state index contributed by atoms with van der Waals surface area (Å²) in [7, 11) is -0.655. The SMILES string of the molecule is CCC([N+](C)(C)CC)S(=O)(=O)[O-]. The predicted octanol–water partition coefficient (Wildman–Crippen LogP) is 0.364. The minimum Gasteiger partial charge on any atom is -0.743 e. The molecule has 0 rings (SSSR count). The monoisotopic (exact) mass is 195 g/mol. The highest BCUT2D eigenvalue weighted by molar-refractivity contribution is 7.86. The van der Waals surface area contributed by atoms with Crippen LogP contribution in [0, 0.1) is 0 Å². The summed E-state index contributed by atoms with van der Waals surface area (Å²) in [6, 6.07) is 0. The van der Waals surface area contributed by atoms with E-state index in [9.17, 15) is 13.0 Å². The molecule has 0 heterocycles. The van der Waals surface area contributed by atoms with E-state index in [1.807, 2.05) is 6.92 Å². The Morgan fingerprint density at radius 3 is 1.83 bits per heavy atom. The molecule has 0 amide bonds. The van der Waals surface area contributed by atoms with Crippen molar-refractivity contribution >= 4 is 10.1 Å². The Kier molecular flexibility index (Phi) is 3.68. The fourth-order valence-electron chi connectivity index (χ4n) is 1.25. The van der Waals surface area contributed by atoms with E-state index in [4.69, 9.17) is 0 Å². The molecule has 1 atom stereocenters. The lowest BCUT2D eigenvalue weighted by Gasteiger charge is -2.37. The molecule has 0 fully saturated rings. The molecule has 0 aliphatic carbocycles. The lowest BCUT2D eigenvalue weighted by molar-refractivity contribution is -0.900. The van der Waals surface area contributed by atoms with Gasteiger partial charge in [0.15, 0.2) is 5.37 Å². The molecule has 0 aromatic heterocycles. The van der Waals surface area contributed by atoms with E-state index >= 15 is 0 Å². The average molecular weight is 195 g/mol. The molecule has 4 nitrogen and oxygen atoms in total. The molecule has 0 bridgehead atoms. The van der Waals surface area contributed by atoms with Crippen LogP contribution < -0.4 is 0 Å². The van der Waals surface area contributed by atoms with Crippen LogP contribution in [0.25, 0.3) is 0 Å². The summed E-state index contributed by atoms with van der Waals surface area (Å²) < 4.78 is 32.6. The zero-order chi connectivity index (χ0) is 9.99. The molecule has 0 spiro atoms. The topological polar surface area (TPSA) is 57.2 Å². The van der Waals surface area contributed by atoms with Gasteiger partial charge in [-0.1, -0.05) is 6.92 Å². The summed E-state index contributed by atoms with van der Waals surface area (Å²) in [5.74, 6) is 0. The largest absolute Gasteiger partial charge is 0.743 e. The van der Waals surface area contributed by atoms with Crippen LogP contribution >= 0.6 is 0 Å². The fraction of sp³-hybridized carbons (Fsp3) is 1.00. The van der Waals surface area contributed by atoms with E-state index in [1.54, 1.807) is 21.0 Å². The fourth-order valence-corrected chi connectivity index (χ4v) is 2.51. The second-order valence-electron chi connectivity index (χ2n) is 3.45. The van der Waals surface area contributed by atoms with Gasteiger partial charge in [0.25, 0.3) is 0 Å². The molecule has 0 aromatic rings. The summed E-state index contributed by atoms with van der Waals surface area (Å²) in [4.78, 5) is 0. The molecule has 1 unspecified atom stereocenters. The van der Waals surface area contributed by atoms with Gasteiger partial charge in [-0.25, -0.2) is 8.42 Å². The van der Waals surface area contributed by atoms with E-state index in [0.717, 1.165) is 0 Å². The van der Waals surface area contributed by atoms with Crippen LogP contribution in [0.5, 0.6) is 0 Å². The highest BCUT2D eigenvalue weighted by Gasteiger charge is 2.30. The number of quaternary nitrogens is 1. The maximum atomic E-state index is 10.8. The third kappa shape index (κ3) is 2.73. The van der Waals surface area contributed by atoms with Gasteiger partial charge in [-0.2, -0.15) is 0 Å². The van der Waals surface area contributed by atoms with Crippen LogP contribution in [0.3, 0.4) is 0 Å². The molecule has 0 aliphatic heterocycles. The summed E-state index contributed by atoms with van der Waals surface area (Å²) >= 11 is 0. The van der Waals surface area contributed by atoms with E-state index in [0.29, 0.717) is 13.0 Å². The second kappa shape index (κ2) is 3.72. The normalized spacial score (nSPS) is 16.1. The Labute approximate surface area is 74.5 Å². The van der Waals surface area contributed by atoms with Crippen LogP contribution in [0.4, 0.5) is 0 Å². The second-order valence-corrected chi connectivity index (χ2v) is 4.98. The van der Waals surface area contributed by atoms with Crippen molar-refractivity contribution in [2.24, 2.45) is 0 Å². The smallest absolute Gasteiger partial charge is 0.178 e. The van der Waals surface area contributed by atoms with Crippen LogP contribution in [0.2, 0.25) is 0 Å². The molecule has 0 aromatic carbocycles. The van der Waals surface area contributed by atoms with Crippen LogP contribution in [0.15, 0.2) is 0 Å². The van der Waals surface area contributed by atoms with Gasteiger partial charge >= 0.3 is 0 Å². The van der Waals surface area contributed by atoms with Crippen molar-refractivity contribution in [3.8, 4) is 0 Å². The Morgan fingerprint density at radius 1 is 1.33 bits per heavy atom. The number of nitrogens with zero attached hydrogens (tertiary/aromatic N) is 1. The number of rotatable bonds is 4. The molecule has 74 valence electrons. The zero-order valence-corrected chi connectivity index (χ0v) is 8.89. The quantitative estimate of drug-likeness (QED) is 0.481. The lowest BCUT2D eigenvalue weighted by atomic mass is 10.4. The molecular weight excluding hydrogens is 178 g/mol. The van der Waals surface area contributed by atoms with Gasteiger partial charge in [-0.05, 0) is 6.92 Å². The van der Waals surface area contributed by atoms with Gasteiger partial charge in [0.2, 0.25) is 0 Å².